The number of carboxylic acids is 1. The topological polar surface area (TPSA) is 68.0 Å². The number of nitrogens with zero attached hydrogens (tertiary/aromatic N) is 3. The van der Waals surface area contributed by atoms with E-state index in [1.807, 2.05) is 37.3 Å². The third-order valence-corrected chi connectivity index (χ3v) is 6.26. The van der Waals surface area contributed by atoms with Crippen LogP contribution in [-0.4, -0.2) is 25.8 Å². The maximum atomic E-state index is 13.6. The summed E-state index contributed by atoms with van der Waals surface area (Å²) in [6, 6.07) is 13.7. The third-order valence-electron chi connectivity index (χ3n) is 5.20. The molecule has 0 saturated heterocycles. The van der Waals surface area contributed by atoms with Crippen LogP contribution in [0.5, 0.6) is 0 Å². The molecule has 0 spiro atoms. The number of aromatic nitrogens is 3. The minimum absolute atomic E-state index is 0.0593. The molecule has 0 unspecified atom stereocenters. The molecule has 0 fully saturated rings. The Morgan fingerprint density at radius 3 is 2.48 bits per heavy atom. The number of thiazole rings is 1. The van der Waals surface area contributed by atoms with Crippen LogP contribution in [0.2, 0.25) is 0 Å². The highest BCUT2D eigenvalue weighted by molar-refractivity contribution is 7.15. The van der Waals surface area contributed by atoms with Gasteiger partial charge in [-0.3, -0.25) is 4.68 Å². The van der Waals surface area contributed by atoms with Gasteiger partial charge in [0.15, 0.2) is 0 Å². The van der Waals surface area contributed by atoms with E-state index < -0.39 is 17.7 Å². The van der Waals surface area contributed by atoms with Crippen LogP contribution < -0.4 is 0 Å². The molecular weight excluding hydrogens is 451 g/mol. The lowest BCUT2D eigenvalue weighted by Gasteiger charge is -2.11. The van der Waals surface area contributed by atoms with Gasteiger partial charge in [0.25, 0.3) is 0 Å². The van der Waals surface area contributed by atoms with Gasteiger partial charge in [-0.15, -0.1) is 11.3 Å². The number of hydrogen-bond acceptors (Lipinski definition) is 4. The lowest BCUT2D eigenvalue weighted by molar-refractivity contribution is -0.137. The highest BCUT2D eigenvalue weighted by atomic mass is 32.1. The van der Waals surface area contributed by atoms with E-state index in [0.29, 0.717) is 34.7 Å². The van der Waals surface area contributed by atoms with Crippen LogP contribution >= 0.6 is 11.3 Å². The minimum Gasteiger partial charge on any atom is -0.478 e. The molecular formula is C24H20F3N3O2S. The largest absolute Gasteiger partial charge is 0.478 e. The van der Waals surface area contributed by atoms with Crippen molar-refractivity contribution in [2.75, 3.05) is 0 Å². The zero-order valence-corrected chi connectivity index (χ0v) is 18.5. The van der Waals surface area contributed by atoms with Crippen molar-refractivity contribution in [3.63, 3.8) is 0 Å². The smallest absolute Gasteiger partial charge is 0.416 e. The molecule has 0 bridgehead atoms. The minimum atomic E-state index is -4.46. The van der Waals surface area contributed by atoms with Crippen molar-refractivity contribution < 1.29 is 23.1 Å². The second-order valence-corrected chi connectivity index (χ2v) is 8.86. The first-order valence-electron chi connectivity index (χ1n) is 10.2. The van der Waals surface area contributed by atoms with Gasteiger partial charge in [0.1, 0.15) is 5.01 Å². The first-order valence-corrected chi connectivity index (χ1v) is 11.0. The average molecular weight is 472 g/mol. The van der Waals surface area contributed by atoms with E-state index in [1.54, 1.807) is 6.07 Å². The molecule has 4 aromatic rings. The molecule has 4 rings (SSSR count). The number of hydrogen-bond donors (Lipinski definition) is 1. The molecule has 5 nitrogen and oxygen atoms in total. The Kier molecular flexibility index (Phi) is 6.33. The molecule has 1 N–H and O–H groups in total. The molecule has 33 heavy (non-hydrogen) atoms. The first kappa shape index (κ1) is 22.7. The first-order chi connectivity index (χ1) is 15.7. The Labute approximate surface area is 192 Å². The number of benzene rings is 2. The van der Waals surface area contributed by atoms with Gasteiger partial charge in [-0.05, 0) is 49.1 Å². The summed E-state index contributed by atoms with van der Waals surface area (Å²) in [6.45, 7) is 2.07. The number of halogens is 3. The van der Waals surface area contributed by atoms with E-state index >= 15 is 0 Å². The maximum Gasteiger partial charge on any atom is 0.416 e. The van der Waals surface area contributed by atoms with Crippen molar-refractivity contribution in [1.29, 1.82) is 0 Å². The number of carboxylic acid groups (broad SMARTS) is 1. The summed E-state index contributed by atoms with van der Waals surface area (Å²) in [4.78, 5) is 16.4. The fourth-order valence-electron chi connectivity index (χ4n) is 3.47. The Bertz CT molecular complexity index is 1280. The van der Waals surface area contributed by atoms with Crippen LogP contribution in [-0.2, 0) is 25.6 Å². The highest BCUT2D eigenvalue weighted by Gasteiger charge is 2.31. The summed E-state index contributed by atoms with van der Waals surface area (Å²) < 4.78 is 42.2. The number of aromatic carboxylic acids is 1. The molecule has 0 saturated carbocycles. The van der Waals surface area contributed by atoms with Crippen molar-refractivity contribution in [2.24, 2.45) is 0 Å². The maximum absolute atomic E-state index is 13.6. The number of aryl methyl sites for hydroxylation is 3. The second kappa shape index (κ2) is 9.19. The Morgan fingerprint density at radius 1 is 1.09 bits per heavy atom. The van der Waals surface area contributed by atoms with Crippen LogP contribution in [0.1, 0.15) is 37.6 Å². The van der Waals surface area contributed by atoms with E-state index in [-0.39, 0.29) is 12.1 Å². The van der Waals surface area contributed by atoms with Gasteiger partial charge in [-0.25, -0.2) is 9.78 Å². The van der Waals surface area contributed by atoms with Crippen LogP contribution in [0, 0.1) is 6.92 Å². The monoisotopic (exact) mass is 471 g/mol. The predicted molar refractivity (Wildman–Crippen MR) is 119 cm³/mol. The zero-order chi connectivity index (χ0) is 23.6. The van der Waals surface area contributed by atoms with E-state index in [4.69, 9.17) is 5.11 Å². The molecule has 0 aliphatic rings. The number of alkyl halides is 3. The van der Waals surface area contributed by atoms with E-state index in [1.165, 1.54) is 34.5 Å². The van der Waals surface area contributed by atoms with E-state index in [0.717, 1.165) is 16.5 Å². The van der Waals surface area contributed by atoms with Gasteiger partial charge >= 0.3 is 12.1 Å². The molecule has 0 radical (unpaired) electrons. The Hall–Kier alpha value is -3.46. The predicted octanol–water partition coefficient (Wildman–Crippen LogP) is 5.87. The van der Waals surface area contributed by atoms with Gasteiger partial charge in [0, 0.05) is 16.6 Å². The standard InChI is InChI=1S/C24H20F3N3O2S/c1-15-21(14-30-13-19(12-28-30)23(31)32)29-22(33-15)18-9-17(10-20(11-18)24(25,26)27)8-7-16-5-3-2-4-6-16/h2-6,9-13H,7-8,14H2,1H3,(H,31,32). The highest BCUT2D eigenvalue weighted by Crippen LogP contribution is 2.36. The van der Waals surface area contributed by atoms with Gasteiger partial charge in [0.05, 0.1) is 29.6 Å². The molecule has 0 amide bonds. The molecule has 9 heteroatoms. The summed E-state index contributed by atoms with van der Waals surface area (Å²) in [5.41, 5.74) is 2.07. The van der Waals surface area contributed by atoms with Gasteiger partial charge in [0.2, 0.25) is 0 Å². The van der Waals surface area contributed by atoms with Crippen LogP contribution in [0.3, 0.4) is 0 Å². The van der Waals surface area contributed by atoms with Crippen LogP contribution in [0.25, 0.3) is 10.6 Å². The van der Waals surface area contributed by atoms with Crippen molar-refractivity contribution in [3.8, 4) is 10.6 Å². The third kappa shape index (κ3) is 5.48. The van der Waals surface area contributed by atoms with E-state index in [9.17, 15) is 18.0 Å². The van der Waals surface area contributed by atoms with Crippen molar-refractivity contribution in [3.05, 3.63) is 93.7 Å². The van der Waals surface area contributed by atoms with Crippen molar-refractivity contribution in [2.45, 2.75) is 32.5 Å². The van der Waals surface area contributed by atoms with Gasteiger partial charge in [-0.2, -0.15) is 18.3 Å². The fraction of sp³-hybridized carbons (Fsp3) is 0.208. The molecule has 2 aromatic carbocycles. The fourth-order valence-corrected chi connectivity index (χ4v) is 4.38. The number of rotatable bonds is 7. The molecule has 2 aromatic heterocycles. The van der Waals surface area contributed by atoms with Gasteiger partial charge < -0.3 is 5.11 Å². The summed E-state index contributed by atoms with van der Waals surface area (Å²) >= 11 is 1.31. The molecule has 2 heterocycles. The molecule has 0 aliphatic carbocycles. The van der Waals surface area contributed by atoms with Crippen molar-refractivity contribution in [1.82, 2.24) is 14.8 Å². The van der Waals surface area contributed by atoms with Gasteiger partial charge in [-0.1, -0.05) is 30.3 Å². The van der Waals surface area contributed by atoms with Crippen LogP contribution in [0.15, 0.2) is 60.9 Å². The molecule has 0 atom stereocenters. The van der Waals surface area contributed by atoms with Crippen molar-refractivity contribution >= 4 is 17.3 Å². The van der Waals surface area contributed by atoms with Crippen LogP contribution in [0.4, 0.5) is 13.2 Å². The summed E-state index contributed by atoms with van der Waals surface area (Å²) in [6.07, 6.45) is -0.712. The number of carbonyl (C=O) groups is 1. The lowest BCUT2D eigenvalue weighted by atomic mass is 9.99. The summed E-state index contributed by atoms with van der Waals surface area (Å²) in [7, 11) is 0. The average Bonchev–Trinajstić information content (AvgIpc) is 3.40. The Balaban J connectivity index is 1.63. The Morgan fingerprint density at radius 2 is 1.82 bits per heavy atom. The SMILES string of the molecule is Cc1sc(-c2cc(CCc3ccccc3)cc(C(F)(F)F)c2)nc1Cn1cc(C(=O)O)cn1. The lowest BCUT2D eigenvalue weighted by Crippen LogP contribution is -2.06. The quantitative estimate of drug-likeness (QED) is 0.366. The zero-order valence-electron chi connectivity index (χ0n) is 17.6. The van der Waals surface area contributed by atoms with E-state index in [2.05, 4.69) is 10.1 Å². The second-order valence-electron chi connectivity index (χ2n) is 7.66. The molecule has 0 aliphatic heterocycles. The normalized spacial score (nSPS) is 11.6. The molecule has 170 valence electrons. The summed E-state index contributed by atoms with van der Waals surface area (Å²) in [5.74, 6) is -1.08. The summed E-state index contributed by atoms with van der Waals surface area (Å²) in [5, 5.41) is 13.6.